The summed E-state index contributed by atoms with van der Waals surface area (Å²) in [6, 6.07) is 8.58. The number of rotatable bonds is 19. The van der Waals surface area contributed by atoms with Crippen LogP contribution < -0.4 is 18.7 Å². The molecule has 7 rings (SSSR count). The quantitative estimate of drug-likeness (QED) is 0.0459. The van der Waals surface area contributed by atoms with Gasteiger partial charge in [0.1, 0.15) is 23.0 Å². The van der Waals surface area contributed by atoms with Crippen LogP contribution in [0.5, 0.6) is 23.0 Å². The molecule has 0 spiro atoms. The molecular weight excluding hydrogens is 1260 g/mol. The number of halogens is 24. The van der Waals surface area contributed by atoms with Crippen molar-refractivity contribution < 1.29 is 124 Å². The van der Waals surface area contributed by atoms with Crippen molar-refractivity contribution in [2.75, 3.05) is 6.61 Å². The molecule has 0 saturated heterocycles. The van der Waals surface area contributed by atoms with Crippen LogP contribution in [0, 0.1) is 0 Å². The number of benzene rings is 7. The molecule has 0 radical (unpaired) electrons. The molecule has 0 fully saturated rings. The van der Waals surface area contributed by atoms with E-state index in [2.05, 4.69) is 0 Å². The standard InChI is InChI=1S/C58H41BF24O4S/c1-2-3-4-5-6-13-22-84-40-20-18-33(19-21-40)48-46(57(78,79)80)32-47(87-59(85-41-26-34(51(60,61)62)23-35(27-41)52(63,64)65)86-42-28-36(53(66,67)68)24-37(29-42)54(69,70)71)50(49(48)58(81,82)83)88(43-14-9-7-10-15-43,44-16-11-8-12-17-44)45-30-38(55(72,73)74)25-39(31-45)56(75,76)77/h7-12,14-21,23-32H,2-6,13,22H2,1H3. The third kappa shape index (κ3) is 16.0. The monoisotopic (exact) mass is 1300 g/mol. The predicted octanol–water partition coefficient (Wildman–Crippen LogP) is 22.1. The van der Waals surface area contributed by atoms with Gasteiger partial charge in [0, 0.05) is 20.2 Å². The minimum absolute atomic E-state index is 0.0401. The lowest BCUT2D eigenvalue weighted by Crippen LogP contribution is -2.38. The summed E-state index contributed by atoms with van der Waals surface area (Å²) >= 11 is 0. The summed E-state index contributed by atoms with van der Waals surface area (Å²) in [5.74, 6) is -6.12. The minimum atomic E-state index is -6.43. The first-order valence-electron chi connectivity index (χ1n) is 25.5. The van der Waals surface area contributed by atoms with Crippen molar-refractivity contribution in [2.45, 2.75) is 114 Å². The Bertz CT molecular complexity index is 3300. The summed E-state index contributed by atoms with van der Waals surface area (Å²) in [4.78, 5) is -5.07. The van der Waals surface area contributed by atoms with Crippen LogP contribution in [-0.4, -0.2) is 13.9 Å². The summed E-state index contributed by atoms with van der Waals surface area (Å²) in [5.41, 5.74) is -22.1. The lowest BCUT2D eigenvalue weighted by molar-refractivity contribution is -0.145. The van der Waals surface area contributed by atoms with Gasteiger partial charge in [0.05, 0.1) is 56.0 Å². The topological polar surface area (TPSA) is 36.9 Å². The maximum Gasteiger partial charge on any atom is 0.864 e. The van der Waals surface area contributed by atoms with E-state index in [1.165, 1.54) is 0 Å². The average Bonchev–Trinajstić information content (AvgIpc) is 0.700. The van der Waals surface area contributed by atoms with E-state index in [1.807, 2.05) is 6.92 Å². The zero-order valence-corrected chi connectivity index (χ0v) is 45.3. The highest BCUT2D eigenvalue weighted by atomic mass is 32.3. The molecule has 0 unspecified atom stereocenters. The van der Waals surface area contributed by atoms with Crippen LogP contribution >= 0.6 is 10.0 Å². The van der Waals surface area contributed by atoms with Gasteiger partial charge < -0.3 is 18.7 Å². The second-order valence-corrected chi connectivity index (χ2v) is 22.3. The Labute approximate surface area is 485 Å². The first kappa shape index (κ1) is 68.0. The van der Waals surface area contributed by atoms with Crippen LogP contribution in [0.15, 0.2) is 165 Å². The lowest BCUT2D eigenvalue weighted by atomic mass is 9.92. The first-order valence-corrected chi connectivity index (χ1v) is 27.2. The summed E-state index contributed by atoms with van der Waals surface area (Å²) in [7, 11) is -9.12. The summed E-state index contributed by atoms with van der Waals surface area (Å²) in [6.45, 7) is 1.92. The Morgan fingerprint density at radius 1 is 0.352 bits per heavy atom. The summed E-state index contributed by atoms with van der Waals surface area (Å²) < 4.78 is 384. The molecule has 0 aliphatic rings. The maximum absolute atomic E-state index is 17.1. The third-order valence-electron chi connectivity index (χ3n) is 13.0. The van der Waals surface area contributed by atoms with E-state index in [0.29, 0.717) is 25.0 Å². The maximum atomic E-state index is 17.1. The van der Waals surface area contributed by atoms with E-state index in [-0.39, 0.29) is 48.8 Å². The predicted molar refractivity (Wildman–Crippen MR) is 271 cm³/mol. The van der Waals surface area contributed by atoms with Crippen LogP contribution in [0.1, 0.15) is 90.0 Å². The molecule has 30 heteroatoms. The van der Waals surface area contributed by atoms with Crippen LogP contribution in [0.3, 0.4) is 0 Å². The van der Waals surface area contributed by atoms with E-state index in [9.17, 15) is 52.7 Å². The third-order valence-corrected chi connectivity index (χ3v) is 16.9. The Balaban J connectivity index is 1.71. The SMILES string of the molecule is CCCCCCCCOc1ccc(-c2c(C(F)(F)F)cc(OB(Oc3cc(C(F)(F)F)cc(C(F)(F)F)c3)Oc3cc(C(F)(F)F)cc(C(F)(F)F)c3)c(S(c3ccccc3)(c3ccccc3)c3cc(C(F)(F)F)cc(C(F)(F)F)c3)c2C(F)(F)F)cc1. The zero-order valence-electron chi connectivity index (χ0n) is 44.5. The molecule has 0 amide bonds. The van der Waals surface area contributed by atoms with Crippen LogP contribution in [0.25, 0.3) is 11.1 Å². The Morgan fingerprint density at radius 2 is 0.727 bits per heavy atom. The number of ether oxygens (including phenoxy) is 1. The van der Waals surface area contributed by atoms with Gasteiger partial charge in [0.15, 0.2) is 0 Å². The highest BCUT2D eigenvalue weighted by molar-refractivity contribution is 8.34. The van der Waals surface area contributed by atoms with E-state index in [0.717, 1.165) is 98.5 Å². The van der Waals surface area contributed by atoms with Crippen LogP contribution in [0.4, 0.5) is 105 Å². The van der Waals surface area contributed by atoms with Crippen LogP contribution in [0.2, 0.25) is 0 Å². The number of unbranched alkanes of at least 4 members (excludes halogenated alkanes) is 5. The highest BCUT2D eigenvalue weighted by Crippen LogP contribution is 2.78. The molecule has 0 aliphatic carbocycles. The van der Waals surface area contributed by atoms with Gasteiger partial charge in [-0.05, 0) is 109 Å². The second-order valence-electron chi connectivity index (χ2n) is 19.2. The van der Waals surface area contributed by atoms with Crippen molar-refractivity contribution in [3.8, 4) is 34.1 Å². The Hall–Kier alpha value is -7.53. The normalized spacial score (nSPS) is 13.3. The van der Waals surface area contributed by atoms with Crippen molar-refractivity contribution in [2.24, 2.45) is 0 Å². The second kappa shape index (κ2) is 25.5. The molecule has 0 heterocycles. The van der Waals surface area contributed by atoms with Crippen molar-refractivity contribution in [3.05, 3.63) is 190 Å². The van der Waals surface area contributed by atoms with E-state index in [1.54, 1.807) is 0 Å². The molecule has 474 valence electrons. The number of alkyl halides is 24. The number of hydrogen-bond acceptors (Lipinski definition) is 4. The van der Waals surface area contributed by atoms with Gasteiger partial charge in [-0.15, -0.1) is 10.0 Å². The molecule has 4 nitrogen and oxygen atoms in total. The highest BCUT2D eigenvalue weighted by Gasteiger charge is 2.53. The average molecular weight is 1300 g/mol. The Morgan fingerprint density at radius 3 is 1.09 bits per heavy atom. The smallest absolute Gasteiger partial charge is 0.494 e. The van der Waals surface area contributed by atoms with Gasteiger partial charge in [0.25, 0.3) is 0 Å². The van der Waals surface area contributed by atoms with E-state index in [4.69, 9.17) is 18.7 Å². The van der Waals surface area contributed by atoms with E-state index < -0.39 is 183 Å². The largest absolute Gasteiger partial charge is 0.864 e. The zero-order chi connectivity index (χ0) is 65.2. The molecule has 0 atom stereocenters. The molecule has 0 aromatic heterocycles. The molecule has 0 N–H and O–H groups in total. The molecular formula is C58H41BF24O4S. The molecule has 88 heavy (non-hydrogen) atoms. The van der Waals surface area contributed by atoms with Crippen LogP contribution in [-0.2, 0) is 49.4 Å². The van der Waals surface area contributed by atoms with Gasteiger partial charge in [0.2, 0.25) is 0 Å². The van der Waals surface area contributed by atoms with Gasteiger partial charge in [-0.25, -0.2) is 0 Å². The molecule has 0 bridgehead atoms. The van der Waals surface area contributed by atoms with Gasteiger partial charge in [-0.1, -0.05) is 87.6 Å². The fourth-order valence-corrected chi connectivity index (χ4v) is 13.3. The Kier molecular flexibility index (Phi) is 19.7. The fourth-order valence-electron chi connectivity index (χ4n) is 9.12. The molecule has 7 aromatic rings. The summed E-state index contributed by atoms with van der Waals surface area (Å²) in [6.07, 6.45) is -43.3. The molecule has 7 aromatic carbocycles. The van der Waals surface area contributed by atoms with Crippen molar-refractivity contribution in [3.63, 3.8) is 0 Å². The molecule has 0 aliphatic heterocycles. The minimum Gasteiger partial charge on any atom is -0.494 e. The van der Waals surface area contributed by atoms with Gasteiger partial charge in [-0.3, -0.25) is 0 Å². The van der Waals surface area contributed by atoms with Crippen molar-refractivity contribution in [1.82, 2.24) is 0 Å². The van der Waals surface area contributed by atoms with E-state index >= 15 is 52.7 Å². The van der Waals surface area contributed by atoms with Gasteiger partial charge in [-0.2, -0.15) is 105 Å². The number of hydrogen-bond donors (Lipinski definition) is 0. The molecule has 0 saturated carbocycles. The lowest BCUT2D eigenvalue weighted by Gasteiger charge is -2.45. The summed E-state index contributed by atoms with van der Waals surface area (Å²) in [5, 5.41) is 0. The first-order chi connectivity index (χ1) is 40.6. The van der Waals surface area contributed by atoms with Crippen molar-refractivity contribution in [1.29, 1.82) is 0 Å². The van der Waals surface area contributed by atoms with Gasteiger partial charge >= 0.3 is 56.7 Å². The fraction of sp³-hybridized carbons (Fsp3) is 0.276. The van der Waals surface area contributed by atoms with Crippen molar-refractivity contribution >= 4 is 17.3 Å².